The molecule has 0 aliphatic rings. The van der Waals surface area contributed by atoms with Gasteiger partial charge in [-0.05, 0) is 42.7 Å². The smallest absolute Gasteiger partial charge is 0.233 e. The summed E-state index contributed by atoms with van der Waals surface area (Å²) < 4.78 is 41.5. The third kappa shape index (κ3) is 3.73. The number of benzene rings is 2. The molecule has 0 amide bonds. The molecule has 0 unspecified atom stereocenters. The highest BCUT2D eigenvalue weighted by Crippen LogP contribution is 2.25. The number of fused-ring (bicyclic) bond motifs is 1. The van der Waals surface area contributed by atoms with Crippen molar-refractivity contribution in [1.29, 1.82) is 0 Å². The van der Waals surface area contributed by atoms with Crippen LogP contribution in [0, 0.1) is 12.7 Å². The van der Waals surface area contributed by atoms with Gasteiger partial charge >= 0.3 is 0 Å². The Bertz CT molecular complexity index is 1350. The van der Waals surface area contributed by atoms with Crippen LogP contribution in [0.4, 0.5) is 4.39 Å². The molecule has 2 aromatic heterocycles. The number of carbonyl (C=O) groups excluding carboxylic acids is 1. The minimum Gasteiger partial charge on any atom is -0.294 e. The average molecular weight is 423 g/mol. The van der Waals surface area contributed by atoms with Crippen molar-refractivity contribution < 1.29 is 17.6 Å². The first-order chi connectivity index (χ1) is 14.4. The first-order valence-electron chi connectivity index (χ1n) is 9.27. The minimum atomic E-state index is -3.96. The van der Waals surface area contributed by atoms with Gasteiger partial charge in [0.2, 0.25) is 15.6 Å². The number of aromatic nitrogens is 3. The predicted molar refractivity (Wildman–Crippen MR) is 109 cm³/mol. The Kier molecular flexibility index (Phi) is 5.17. The minimum absolute atomic E-state index is 0.0110. The topological polar surface area (TPSA) is 81.4 Å². The molecule has 2 aromatic carbocycles. The van der Waals surface area contributed by atoms with E-state index in [4.69, 9.17) is 0 Å². The molecular weight excluding hydrogens is 405 g/mol. The molecule has 0 saturated carbocycles. The number of hydrogen-bond acceptors (Lipinski definition) is 5. The van der Waals surface area contributed by atoms with Crippen LogP contribution in [0.25, 0.3) is 5.78 Å². The maximum absolute atomic E-state index is 14.3. The SMILES string of the molecule is Cc1cccc(S(=O)(=O)c2ccc(CCC(=O)c3cnc4nccn4c3)cc2)c1F. The highest BCUT2D eigenvalue weighted by molar-refractivity contribution is 7.91. The second-order valence-corrected chi connectivity index (χ2v) is 8.85. The molecule has 0 atom stereocenters. The summed E-state index contributed by atoms with van der Waals surface area (Å²) in [6.07, 6.45) is 7.20. The summed E-state index contributed by atoms with van der Waals surface area (Å²) in [6.45, 7) is 1.52. The monoisotopic (exact) mass is 423 g/mol. The molecule has 4 aromatic rings. The second kappa shape index (κ2) is 7.79. The van der Waals surface area contributed by atoms with Crippen molar-refractivity contribution in [2.45, 2.75) is 29.6 Å². The van der Waals surface area contributed by atoms with Gasteiger partial charge in [-0.1, -0.05) is 24.3 Å². The highest BCUT2D eigenvalue weighted by atomic mass is 32.2. The van der Waals surface area contributed by atoms with E-state index in [9.17, 15) is 17.6 Å². The van der Waals surface area contributed by atoms with Crippen molar-refractivity contribution in [3.63, 3.8) is 0 Å². The number of sulfone groups is 1. The van der Waals surface area contributed by atoms with Crippen molar-refractivity contribution in [3.8, 4) is 0 Å². The zero-order valence-electron chi connectivity index (χ0n) is 16.1. The quantitative estimate of drug-likeness (QED) is 0.440. The Balaban J connectivity index is 1.48. The molecule has 0 fully saturated rings. The number of carbonyl (C=O) groups is 1. The fourth-order valence-electron chi connectivity index (χ4n) is 3.15. The van der Waals surface area contributed by atoms with Gasteiger partial charge in [-0.3, -0.25) is 9.20 Å². The molecule has 0 radical (unpaired) electrons. The summed E-state index contributed by atoms with van der Waals surface area (Å²) in [5.41, 5.74) is 1.56. The van der Waals surface area contributed by atoms with Gasteiger partial charge in [0.25, 0.3) is 0 Å². The number of ketones is 1. The lowest BCUT2D eigenvalue weighted by Gasteiger charge is -2.08. The van der Waals surface area contributed by atoms with E-state index in [-0.39, 0.29) is 27.6 Å². The van der Waals surface area contributed by atoms with Gasteiger partial charge in [0.15, 0.2) is 5.78 Å². The van der Waals surface area contributed by atoms with E-state index in [1.807, 2.05) is 0 Å². The van der Waals surface area contributed by atoms with Crippen LogP contribution < -0.4 is 0 Å². The largest absolute Gasteiger partial charge is 0.294 e. The van der Waals surface area contributed by atoms with Crippen LogP contribution >= 0.6 is 0 Å². The number of nitrogens with zero attached hydrogens (tertiary/aromatic N) is 3. The van der Waals surface area contributed by atoms with E-state index in [1.165, 1.54) is 43.5 Å². The van der Waals surface area contributed by atoms with Gasteiger partial charge in [-0.25, -0.2) is 22.8 Å². The Morgan fingerprint density at radius 3 is 2.63 bits per heavy atom. The standard InChI is InChI=1S/C22H18FN3O3S/c1-15-3-2-4-20(21(15)23)30(28,29)18-8-5-16(6-9-18)7-10-19(27)17-13-25-22-24-11-12-26(22)14-17/h2-6,8-9,11-14H,7,10H2,1H3. The van der Waals surface area contributed by atoms with Gasteiger partial charge in [0, 0.05) is 31.2 Å². The van der Waals surface area contributed by atoms with Crippen molar-refractivity contribution in [2.75, 3.05) is 0 Å². The van der Waals surface area contributed by atoms with Crippen molar-refractivity contribution in [1.82, 2.24) is 14.4 Å². The highest BCUT2D eigenvalue weighted by Gasteiger charge is 2.22. The van der Waals surface area contributed by atoms with Crippen molar-refractivity contribution in [2.24, 2.45) is 0 Å². The zero-order chi connectivity index (χ0) is 21.3. The van der Waals surface area contributed by atoms with Crippen LogP contribution in [0.15, 0.2) is 77.0 Å². The van der Waals surface area contributed by atoms with E-state index in [0.717, 1.165) is 5.56 Å². The number of Topliss-reactive ketones (excluding diaryl/α,β-unsaturated/α-hetero) is 1. The third-order valence-corrected chi connectivity index (χ3v) is 6.67. The molecule has 152 valence electrons. The fraction of sp³-hybridized carbons (Fsp3) is 0.136. The van der Waals surface area contributed by atoms with Gasteiger partial charge in [0.1, 0.15) is 10.7 Å². The lowest BCUT2D eigenvalue weighted by atomic mass is 10.0. The Morgan fingerprint density at radius 1 is 1.10 bits per heavy atom. The number of hydrogen-bond donors (Lipinski definition) is 0. The number of imidazole rings is 1. The maximum Gasteiger partial charge on any atom is 0.233 e. The van der Waals surface area contributed by atoms with E-state index >= 15 is 0 Å². The lowest BCUT2D eigenvalue weighted by molar-refractivity contribution is 0.0982. The Hall–Kier alpha value is -3.39. The summed E-state index contributed by atoms with van der Waals surface area (Å²) in [7, 11) is -3.96. The van der Waals surface area contributed by atoms with E-state index < -0.39 is 15.7 Å². The van der Waals surface area contributed by atoms with E-state index in [2.05, 4.69) is 9.97 Å². The number of rotatable bonds is 6. The van der Waals surface area contributed by atoms with Crippen molar-refractivity contribution in [3.05, 3.63) is 89.8 Å². The normalized spacial score (nSPS) is 11.7. The number of aryl methyl sites for hydroxylation is 2. The van der Waals surface area contributed by atoms with Gasteiger partial charge < -0.3 is 0 Å². The lowest BCUT2D eigenvalue weighted by Crippen LogP contribution is -2.06. The first kappa shape index (κ1) is 19.9. The predicted octanol–water partition coefficient (Wildman–Crippen LogP) is 3.83. The third-order valence-electron chi connectivity index (χ3n) is 4.89. The van der Waals surface area contributed by atoms with Crippen LogP contribution in [0.5, 0.6) is 0 Å². The summed E-state index contributed by atoms with van der Waals surface area (Å²) in [5, 5.41) is 0. The average Bonchev–Trinajstić information content (AvgIpc) is 3.22. The summed E-state index contributed by atoms with van der Waals surface area (Å²) in [4.78, 5) is 20.3. The molecule has 0 N–H and O–H groups in total. The molecule has 6 nitrogen and oxygen atoms in total. The molecule has 0 saturated heterocycles. The molecule has 0 spiro atoms. The molecule has 0 aliphatic heterocycles. The van der Waals surface area contributed by atoms with Gasteiger partial charge in [-0.2, -0.15) is 0 Å². The van der Waals surface area contributed by atoms with Gasteiger partial charge in [-0.15, -0.1) is 0 Å². The zero-order valence-corrected chi connectivity index (χ0v) is 16.9. The molecule has 0 aliphatic carbocycles. The summed E-state index contributed by atoms with van der Waals surface area (Å²) in [6, 6.07) is 10.5. The van der Waals surface area contributed by atoms with Crippen LogP contribution in [0.2, 0.25) is 0 Å². The number of halogens is 1. The molecule has 4 rings (SSSR count). The molecule has 0 bridgehead atoms. The Morgan fingerprint density at radius 2 is 1.87 bits per heavy atom. The summed E-state index contributed by atoms with van der Waals surface area (Å²) >= 11 is 0. The van der Waals surface area contributed by atoms with E-state index in [0.29, 0.717) is 17.8 Å². The van der Waals surface area contributed by atoms with Crippen LogP contribution in [0.3, 0.4) is 0 Å². The first-order valence-corrected chi connectivity index (χ1v) is 10.8. The molecule has 30 heavy (non-hydrogen) atoms. The van der Waals surface area contributed by atoms with Crippen LogP contribution in [0.1, 0.15) is 27.9 Å². The van der Waals surface area contributed by atoms with Crippen LogP contribution in [-0.4, -0.2) is 28.6 Å². The van der Waals surface area contributed by atoms with Crippen LogP contribution in [-0.2, 0) is 16.3 Å². The molecule has 8 heteroatoms. The second-order valence-electron chi connectivity index (χ2n) is 6.93. The van der Waals surface area contributed by atoms with Gasteiger partial charge in [0.05, 0.1) is 10.5 Å². The van der Waals surface area contributed by atoms with E-state index in [1.54, 1.807) is 35.1 Å². The molecule has 2 heterocycles. The maximum atomic E-state index is 14.3. The van der Waals surface area contributed by atoms with Crippen molar-refractivity contribution >= 4 is 21.4 Å². The fourth-order valence-corrected chi connectivity index (χ4v) is 4.56. The summed E-state index contributed by atoms with van der Waals surface area (Å²) in [5.74, 6) is -0.291. The molecular formula is C22H18FN3O3S. The Labute approximate surface area is 173 Å².